The van der Waals surface area contributed by atoms with Crippen LogP contribution in [0.3, 0.4) is 0 Å². The van der Waals surface area contributed by atoms with Crippen molar-refractivity contribution in [3.05, 3.63) is 74.1 Å². The minimum absolute atomic E-state index is 1.10. The van der Waals surface area contributed by atoms with Crippen LogP contribution in [-0.2, 0) is 0 Å². The zero-order chi connectivity index (χ0) is 19.7. The SMILES string of the molecule is [CH2]CCCCCCCCCCCCC[CH]N(c1ccccc1)c1ccccc1. The molecule has 0 amide bonds. The maximum atomic E-state index is 3.91. The molecule has 1 nitrogen and oxygen atoms in total. The first kappa shape index (κ1) is 22.5. The minimum atomic E-state index is 1.10. The maximum Gasteiger partial charge on any atom is 0.0549 e. The zero-order valence-electron chi connectivity index (χ0n) is 17.7. The van der Waals surface area contributed by atoms with E-state index in [0.29, 0.717) is 0 Å². The molecule has 0 aliphatic rings. The Morgan fingerprint density at radius 1 is 0.536 bits per heavy atom. The number of unbranched alkanes of at least 4 members (excludes halogenated alkanes) is 12. The highest BCUT2D eigenvalue weighted by Crippen LogP contribution is 2.27. The van der Waals surface area contributed by atoms with Crippen molar-refractivity contribution < 1.29 is 0 Å². The Bertz CT molecular complexity index is 538. The first-order valence-electron chi connectivity index (χ1n) is 11.4. The van der Waals surface area contributed by atoms with Crippen LogP contribution in [0.1, 0.15) is 83.5 Å². The van der Waals surface area contributed by atoms with E-state index in [1.54, 1.807) is 0 Å². The molecule has 0 aliphatic carbocycles. The molecule has 0 aliphatic heterocycles. The van der Waals surface area contributed by atoms with Crippen molar-refractivity contribution >= 4 is 11.4 Å². The van der Waals surface area contributed by atoms with Gasteiger partial charge >= 0.3 is 0 Å². The predicted octanol–water partition coefficient (Wildman–Crippen LogP) is 8.89. The van der Waals surface area contributed by atoms with Crippen LogP contribution in [0.4, 0.5) is 11.4 Å². The van der Waals surface area contributed by atoms with Gasteiger partial charge in [-0.1, -0.05) is 120 Å². The second-order valence-electron chi connectivity index (χ2n) is 7.75. The van der Waals surface area contributed by atoms with Crippen LogP contribution >= 0.6 is 0 Å². The van der Waals surface area contributed by atoms with Crippen molar-refractivity contribution in [3.63, 3.8) is 0 Å². The van der Waals surface area contributed by atoms with E-state index in [0.717, 1.165) is 12.8 Å². The van der Waals surface area contributed by atoms with E-state index in [4.69, 9.17) is 0 Å². The number of nitrogens with zero attached hydrogens (tertiary/aromatic N) is 1. The first-order chi connectivity index (χ1) is 13.9. The molecule has 2 radical (unpaired) electrons. The molecule has 0 N–H and O–H groups in total. The van der Waals surface area contributed by atoms with Crippen LogP contribution in [0.5, 0.6) is 0 Å². The molecule has 2 rings (SSSR count). The summed E-state index contributed by atoms with van der Waals surface area (Å²) >= 11 is 0. The van der Waals surface area contributed by atoms with Gasteiger partial charge in [-0.2, -0.15) is 0 Å². The molecule has 1 heteroatoms. The summed E-state index contributed by atoms with van der Waals surface area (Å²) in [5.74, 6) is 0. The predicted molar refractivity (Wildman–Crippen MR) is 125 cm³/mol. The fourth-order valence-electron chi connectivity index (χ4n) is 3.67. The maximum absolute atomic E-state index is 3.91. The molecule has 0 saturated carbocycles. The molecule has 0 aromatic heterocycles. The van der Waals surface area contributed by atoms with Crippen molar-refractivity contribution in [2.24, 2.45) is 0 Å². The second kappa shape index (κ2) is 15.2. The number of para-hydroxylation sites is 2. The van der Waals surface area contributed by atoms with E-state index >= 15 is 0 Å². The quantitative estimate of drug-likeness (QED) is 0.264. The number of anilines is 2. The van der Waals surface area contributed by atoms with Gasteiger partial charge in [0, 0.05) is 11.4 Å². The highest BCUT2D eigenvalue weighted by molar-refractivity contribution is 5.64. The van der Waals surface area contributed by atoms with Crippen molar-refractivity contribution in [1.29, 1.82) is 0 Å². The van der Waals surface area contributed by atoms with Gasteiger partial charge < -0.3 is 4.90 Å². The Kier molecular flexibility index (Phi) is 12.2. The average Bonchev–Trinajstić information content (AvgIpc) is 2.75. The van der Waals surface area contributed by atoms with Gasteiger partial charge in [-0.3, -0.25) is 0 Å². The van der Waals surface area contributed by atoms with Crippen molar-refractivity contribution in [2.75, 3.05) is 4.90 Å². The van der Waals surface area contributed by atoms with Gasteiger partial charge in [0.15, 0.2) is 0 Å². The number of hydrogen-bond donors (Lipinski definition) is 0. The molecule has 28 heavy (non-hydrogen) atoms. The van der Waals surface area contributed by atoms with Gasteiger partial charge in [-0.15, -0.1) is 0 Å². The average molecular weight is 378 g/mol. The lowest BCUT2D eigenvalue weighted by atomic mass is 10.0. The molecule has 0 spiro atoms. The monoisotopic (exact) mass is 377 g/mol. The molecule has 0 bridgehead atoms. The summed E-state index contributed by atoms with van der Waals surface area (Å²) in [6, 6.07) is 21.3. The van der Waals surface area contributed by atoms with Crippen LogP contribution in [-0.4, -0.2) is 0 Å². The largest absolute Gasteiger partial charge is 0.336 e. The lowest BCUT2D eigenvalue weighted by Gasteiger charge is -2.24. The van der Waals surface area contributed by atoms with Gasteiger partial charge in [-0.05, 0) is 30.7 Å². The van der Waals surface area contributed by atoms with Crippen LogP contribution in [0.25, 0.3) is 0 Å². The lowest BCUT2D eigenvalue weighted by molar-refractivity contribution is 0.545. The van der Waals surface area contributed by atoms with Gasteiger partial charge in [0.05, 0.1) is 6.54 Å². The Balaban J connectivity index is 1.56. The summed E-state index contributed by atoms with van der Waals surface area (Å²) in [6.07, 6.45) is 17.4. The summed E-state index contributed by atoms with van der Waals surface area (Å²) in [5.41, 5.74) is 2.48. The molecular formula is C27H39N. The fourth-order valence-corrected chi connectivity index (χ4v) is 3.67. The van der Waals surface area contributed by atoms with Crippen LogP contribution in [0.2, 0.25) is 0 Å². The third-order valence-corrected chi connectivity index (χ3v) is 5.33. The zero-order valence-corrected chi connectivity index (χ0v) is 17.7. The van der Waals surface area contributed by atoms with Gasteiger partial charge in [0.1, 0.15) is 0 Å². The van der Waals surface area contributed by atoms with E-state index in [-0.39, 0.29) is 0 Å². The third kappa shape index (κ3) is 9.44. The van der Waals surface area contributed by atoms with Crippen LogP contribution in [0.15, 0.2) is 60.7 Å². The standard InChI is InChI=1S/C27H39N/c1-2-3-4-5-6-7-8-9-10-11-12-13-20-25-28(26-21-16-14-17-22-26)27-23-18-15-19-24-27/h14-19,21-25H,1-13,20H2. The molecule has 2 aromatic carbocycles. The van der Waals surface area contributed by atoms with Crippen molar-refractivity contribution in [3.8, 4) is 0 Å². The summed E-state index contributed by atoms with van der Waals surface area (Å²) < 4.78 is 0. The first-order valence-corrected chi connectivity index (χ1v) is 11.4. The molecular weight excluding hydrogens is 338 g/mol. The molecule has 0 heterocycles. The third-order valence-electron chi connectivity index (χ3n) is 5.33. The topological polar surface area (TPSA) is 3.24 Å². The summed E-state index contributed by atoms with van der Waals surface area (Å²) in [7, 11) is 0. The Morgan fingerprint density at radius 3 is 1.36 bits per heavy atom. The summed E-state index contributed by atoms with van der Waals surface area (Å²) in [4.78, 5) is 2.33. The highest BCUT2D eigenvalue weighted by Gasteiger charge is 2.08. The van der Waals surface area contributed by atoms with E-state index < -0.39 is 0 Å². The number of hydrogen-bond acceptors (Lipinski definition) is 1. The van der Waals surface area contributed by atoms with Gasteiger partial charge in [-0.25, -0.2) is 0 Å². The van der Waals surface area contributed by atoms with E-state index in [2.05, 4.69) is 79.0 Å². The molecule has 152 valence electrons. The molecule has 0 atom stereocenters. The molecule has 0 fully saturated rings. The lowest BCUT2D eigenvalue weighted by Crippen LogP contribution is -2.13. The van der Waals surface area contributed by atoms with E-state index in [1.165, 1.54) is 82.0 Å². The Morgan fingerprint density at radius 2 is 0.929 bits per heavy atom. The van der Waals surface area contributed by atoms with Crippen LogP contribution in [0, 0.1) is 13.5 Å². The molecule has 2 aromatic rings. The van der Waals surface area contributed by atoms with Crippen molar-refractivity contribution in [1.82, 2.24) is 0 Å². The highest BCUT2D eigenvalue weighted by atomic mass is 15.1. The second-order valence-corrected chi connectivity index (χ2v) is 7.75. The molecule has 0 unspecified atom stereocenters. The Labute approximate surface area is 174 Å². The number of benzene rings is 2. The summed E-state index contributed by atoms with van der Waals surface area (Å²) in [5, 5.41) is 0. The van der Waals surface area contributed by atoms with Crippen LogP contribution < -0.4 is 4.90 Å². The smallest absolute Gasteiger partial charge is 0.0549 e. The normalized spacial score (nSPS) is 10.9. The summed E-state index contributed by atoms with van der Waals surface area (Å²) in [6.45, 7) is 6.27. The Hall–Kier alpha value is -1.76. The number of rotatable bonds is 16. The van der Waals surface area contributed by atoms with E-state index in [9.17, 15) is 0 Å². The fraction of sp³-hybridized carbons (Fsp3) is 0.481. The van der Waals surface area contributed by atoms with E-state index in [1.807, 2.05) is 0 Å². The molecule has 0 saturated heterocycles. The van der Waals surface area contributed by atoms with Crippen molar-refractivity contribution in [2.45, 2.75) is 83.5 Å². The minimum Gasteiger partial charge on any atom is -0.336 e. The van der Waals surface area contributed by atoms with Gasteiger partial charge in [0.2, 0.25) is 0 Å². The van der Waals surface area contributed by atoms with Gasteiger partial charge in [0.25, 0.3) is 0 Å².